The first kappa shape index (κ1) is 13.4. The normalized spacial score (nSPS) is 10.3. The maximum absolute atomic E-state index is 12.0. The number of aryl methyl sites for hydroxylation is 2. The molecule has 2 rings (SSSR count). The van der Waals surface area contributed by atoms with E-state index in [1.54, 1.807) is 19.1 Å². The van der Waals surface area contributed by atoms with Crippen molar-refractivity contribution < 1.29 is 4.79 Å². The molecule has 0 atom stereocenters. The number of amides is 1. The molecule has 0 unspecified atom stereocenters. The smallest absolute Gasteiger partial charge is 0.261 e. The number of pyridine rings is 1. The van der Waals surface area contributed by atoms with Gasteiger partial charge < -0.3 is 10.3 Å². The van der Waals surface area contributed by atoms with E-state index in [-0.39, 0.29) is 11.0 Å². The molecule has 1 amide bonds. The highest BCUT2D eigenvalue weighted by atomic mass is 35.5. The number of hydrogen-bond donors (Lipinski definition) is 2. The topological polar surface area (TPSA) is 62.0 Å². The predicted octanol–water partition coefficient (Wildman–Crippen LogP) is 2.90. The molecule has 1 aromatic carbocycles. The summed E-state index contributed by atoms with van der Waals surface area (Å²) in [7, 11) is 0. The summed E-state index contributed by atoms with van der Waals surface area (Å²) in [5, 5.41) is 3.07. The number of benzene rings is 1. The maximum Gasteiger partial charge on any atom is 0.261 e. The summed E-state index contributed by atoms with van der Waals surface area (Å²) in [6.45, 7) is 3.64. The number of aromatic nitrogens is 1. The minimum atomic E-state index is -0.478. The SMILES string of the molecule is Cc1ccc(Cl)c(NC(=O)c2c[nH]c(C)cc2=O)c1. The zero-order valence-corrected chi connectivity index (χ0v) is 11.3. The van der Waals surface area contributed by atoms with Gasteiger partial charge in [-0.2, -0.15) is 0 Å². The van der Waals surface area contributed by atoms with Gasteiger partial charge in [-0.05, 0) is 31.5 Å². The van der Waals surface area contributed by atoms with E-state index in [0.29, 0.717) is 16.4 Å². The predicted molar refractivity (Wildman–Crippen MR) is 75.9 cm³/mol. The number of nitrogens with one attached hydrogen (secondary N) is 2. The first-order chi connectivity index (χ1) is 8.97. The molecule has 0 aliphatic carbocycles. The van der Waals surface area contributed by atoms with E-state index in [9.17, 15) is 9.59 Å². The summed E-state index contributed by atoms with van der Waals surface area (Å²) < 4.78 is 0. The molecule has 1 aromatic heterocycles. The number of carbonyl (C=O) groups excluding carboxylic acids is 1. The lowest BCUT2D eigenvalue weighted by Crippen LogP contribution is -2.21. The van der Waals surface area contributed by atoms with Gasteiger partial charge in [0.05, 0.1) is 10.7 Å². The molecule has 2 aromatic rings. The molecule has 19 heavy (non-hydrogen) atoms. The van der Waals surface area contributed by atoms with Crippen molar-refractivity contribution in [2.24, 2.45) is 0 Å². The minimum Gasteiger partial charge on any atom is -0.364 e. The number of aromatic amines is 1. The van der Waals surface area contributed by atoms with E-state index in [0.717, 1.165) is 5.56 Å². The third kappa shape index (κ3) is 3.03. The Morgan fingerprint density at radius 1 is 1.26 bits per heavy atom. The van der Waals surface area contributed by atoms with E-state index in [1.165, 1.54) is 12.3 Å². The van der Waals surface area contributed by atoms with Crippen LogP contribution < -0.4 is 10.7 Å². The second-order valence-corrected chi connectivity index (χ2v) is 4.74. The molecule has 0 aliphatic rings. The average molecular weight is 277 g/mol. The Morgan fingerprint density at radius 2 is 2.00 bits per heavy atom. The summed E-state index contributed by atoms with van der Waals surface area (Å²) in [4.78, 5) is 26.6. The first-order valence-corrected chi connectivity index (χ1v) is 6.12. The second kappa shape index (κ2) is 5.28. The summed E-state index contributed by atoms with van der Waals surface area (Å²) >= 11 is 5.99. The Labute approximate surface area is 115 Å². The van der Waals surface area contributed by atoms with Crippen LogP contribution >= 0.6 is 11.6 Å². The second-order valence-electron chi connectivity index (χ2n) is 4.33. The molecule has 0 spiro atoms. The van der Waals surface area contributed by atoms with E-state index < -0.39 is 5.91 Å². The molecule has 0 saturated heterocycles. The Bertz CT molecular complexity index is 692. The van der Waals surface area contributed by atoms with Crippen LogP contribution in [0, 0.1) is 13.8 Å². The van der Waals surface area contributed by atoms with Gasteiger partial charge in [0.25, 0.3) is 5.91 Å². The van der Waals surface area contributed by atoms with Gasteiger partial charge in [-0.25, -0.2) is 0 Å². The lowest BCUT2D eigenvalue weighted by molar-refractivity contribution is 0.102. The van der Waals surface area contributed by atoms with E-state index in [2.05, 4.69) is 10.3 Å². The summed E-state index contributed by atoms with van der Waals surface area (Å²) in [5.74, 6) is -0.478. The van der Waals surface area contributed by atoms with Crippen LogP contribution in [0.3, 0.4) is 0 Å². The maximum atomic E-state index is 12.0. The Hall–Kier alpha value is -2.07. The van der Waals surface area contributed by atoms with Crippen LogP contribution in [0.25, 0.3) is 0 Å². The molecule has 1 heterocycles. The molecule has 0 radical (unpaired) electrons. The number of H-pyrrole nitrogens is 1. The highest BCUT2D eigenvalue weighted by Crippen LogP contribution is 2.22. The molecule has 5 heteroatoms. The number of anilines is 1. The van der Waals surface area contributed by atoms with Crippen molar-refractivity contribution in [3.8, 4) is 0 Å². The number of rotatable bonds is 2. The summed E-state index contributed by atoms with van der Waals surface area (Å²) in [5.41, 5.74) is 1.90. The molecule has 98 valence electrons. The number of hydrogen-bond acceptors (Lipinski definition) is 2. The van der Waals surface area contributed by atoms with Crippen LogP contribution in [0.2, 0.25) is 5.02 Å². The van der Waals surface area contributed by atoms with Crippen molar-refractivity contribution in [2.45, 2.75) is 13.8 Å². The van der Waals surface area contributed by atoms with E-state index >= 15 is 0 Å². The van der Waals surface area contributed by atoms with Gasteiger partial charge in [-0.15, -0.1) is 0 Å². The average Bonchev–Trinajstić information content (AvgIpc) is 2.33. The zero-order chi connectivity index (χ0) is 14.0. The Balaban J connectivity index is 2.31. The quantitative estimate of drug-likeness (QED) is 0.886. The van der Waals surface area contributed by atoms with E-state index in [1.807, 2.05) is 13.0 Å². The lowest BCUT2D eigenvalue weighted by Gasteiger charge is -2.08. The Morgan fingerprint density at radius 3 is 2.68 bits per heavy atom. The molecule has 2 N–H and O–H groups in total. The molecular weight excluding hydrogens is 264 g/mol. The molecule has 0 fully saturated rings. The standard InChI is InChI=1S/C14H13ClN2O2/c1-8-3-4-11(15)12(5-8)17-14(19)10-7-16-9(2)6-13(10)18/h3-7H,1-2H3,(H,16,18)(H,17,19). The van der Waals surface area contributed by atoms with Crippen LogP contribution in [0.5, 0.6) is 0 Å². The largest absolute Gasteiger partial charge is 0.364 e. The van der Waals surface area contributed by atoms with Gasteiger partial charge >= 0.3 is 0 Å². The highest BCUT2D eigenvalue weighted by Gasteiger charge is 2.12. The van der Waals surface area contributed by atoms with E-state index in [4.69, 9.17) is 11.6 Å². The fourth-order valence-electron chi connectivity index (χ4n) is 1.68. The van der Waals surface area contributed by atoms with Gasteiger partial charge in [0.15, 0.2) is 5.43 Å². The van der Waals surface area contributed by atoms with Crippen molar-refractivity contribution in [1.29, 1.82) is 0 Å². The molecular formula is C14H13ClN2O2. The van der Waals surface area contributed by atoms with Crippen molar-refractivity contribution in [3.63, 3.8) is 0 Å². The third-order valence-corrected chi connectivity index (χ3v) is 3.00. The van der Waals surface area contributed by atoms with Crippen molar-refractivity contribution in [3.05, 3.63) is 62.5 Å². The molecule has 0 bridgehead atoms. The first-order valence-electron chi connectivity index (χ1n) is 5.74. The van der Waals surface area contributed by atoms with Crippen LogP contribution in [0.4, 0.5) is 5.69 Å². The third-order valence-electron chi connectivity index (χ3n) is 2.67. The summed E-state index contributed by atoms with van der Waals surface area (Å²) in [6, 6.07) is 6.68. The van der Waals surface area contributed by atoms with Crippen molar-refractivity contribution in [1.82, 2.24) is 4.98 Å². The van der Waals surface area contributed by atoms with Gasteiger partial charge in [-0.3, -0.25) is 9.59 Å². The lowest BCUT2D eigenvalue weighted by atomic mass is 10.2. The van der Waals surface area contributed by atoms with Crippen LogP contribution in [-0.2, 0) is 0 Å². The Kier molecular flexibility index (Phi) is 3.71. The number of carbonyl (C=O) groups is 1. The fourth-order valence-corrected chi connectivity index (χ4v) is 1.84. The van der Waals surface area contributed by atoms with Gasteiger partial charge in [0.2, 0.25) is 0 Å². The van der Waals surface area contributed by atoms with Crippen LogP contribution in [0.1, 0.15) is 21.6 Å². The molecule has 0 aliphatic heterocycles. The summed E-state index contributed by atoms with van der Waals surface area (Å²) in [6.07, 6.45) is 1.40. The van der Waals surface area contributed by atoms with Crippen molar-refractivity contribution >= 4 is 23.2 Å². The van der Waals surface area contributed by atoms with Crippen molar-refractivity contribution in [2.75, 3.05) is 5.32 Å². The van der Waals surface area contributed by atoms with Gasteiger partial charge in [-0.1, -0.05) is 17.7 Å². The van der Waals surface area contributed by atoms with Gasteiger partial charge in [0.1, 0.15) is 5.56 Å². The number of halogens is 1. The fraction of sp³-hybridized carbons (Fsp3) is 0.143. The molecule has 4 nitrogen and oxygen atoms in total. The highest BCUT2D eigenvalue weighted by molar-refractivity contribution is 6.33. The minimum absolute atomic E-state index is 0.0585. The zero-order valence-electron chi connectivity index (χ0n) is 10.6. The van der Waals surface area contributed by atoms with Crippen LogP contribution in [0.15, 0.2) is 35.3 Å². The molecule has 0 saturated carbocycles. The van der Waals surface area contributed by atoms with Crippen LogP contribution in [-0.4, -0.2) is 10.9 Å². The monoisotopic (exact) mass is 276 g/mol. The van der Waals surface area contributed by atoms with Gasteiger partial charge in [0, 0.05) is 18.0 Å².